The molecule has 0 bridgehead atoms. The predicted octanol–water partition coefficient (Wildman–Crippen LogP) is 5.60. The summed E-state index contributed by atoms with van der Waals surface area (Å²) in [5, 5.41) is 3.21. The number of thiazole rings is 1. The lowest BCUT2D eigenvalue weighted by Crippen LogP contribution is -1.86. The smallest absolute Gasteiger partial charge is 0.124 e. The molecule has 0 saturated heterocycles. The molecule has 2 aromatic carbocycles. The fourth-order valence-electron chi connectivity index (χ4n) is 2.16. The van der Waals surface area contributed by atoms with Gasteiger partial charge in [0.2, 0.25) is 0 Å². The lowest BCUT2D eigenvalue weighted by molar-refractivity contribution is 0.867. The van der Waals surface area contributed by atoms with Crippen LogP contribution in [0.5, 0.6) is 0 Å². The van der Waals surface area contributed by atoms with E-state index in [0.717, 1.165) is 10.7 Å². The minimum absolute atomic E-state index is 0.570. The zero-order valence-corrected chi connectivity index (χ0v) is 12.5. The molecule has 0 spiro atoms. The molecular formula is C18H17NS. The van der Waals surface area contributed by atoms with Gasteiger partial charge in [0, 0.05) is 16.5 Å². The third-order valence-corrected chi connectivity index (χ3v) is 4.29. The van der Waals surface area contributed by atoms with Crippen molar-refractivity contribution in [3.05, 3.63) is 65.5 Å². The van der Waals surface area contributed by atoms with Crippen LogP contribution in [0.15, 0.2) is 60.0 Å². The molecule has 0 unspecified atom stereocenters. The molecule has 1 heterocycles. The van der Waals surface area contributed by atoms with Crippen LogP contribution in [0.25, 0.3) is 21.8 Å². The number of hydrogen-bond acceptors (Lipinski definition) is 2. The predicted molar refractivity (Wildman–Crippen MR) is 87.1 cm³/mol. The Labute approximate surface area is 124 Å². The van der Waals surface area contributed by atoms with E-state index in [1.807, 2.05) is 18.2 Å². The Kier molecular flexibility index (Phi) is 3.66. The van der Waals surface area contributed by atoms with E-state index < -0.39 is 0 Å². The van der Waals surface area contributed by atoms with Gasteiger partial charge in [0.1, 0.15) is 5.01 Å². The maximum Gasteiger partial charge on any atom is 0.124 e. The third-order valence-electron chi connectivity index (χ3n) is 3.40. The topological polar surface area (TPSA) is 12.9 Å². The molecule has 0 radical (unpaired) electrons. The van der Waals surface area contributed by atoms with Crippen LogP contribution < -0.4 is 0 Å². The molecule has 1 aromatic heterocycles. The summed E-state index contributed by atoms with van der Waals surface area (Å²) >= 11 is 1.70. The largest absolute Gasteiger partial charge is 0.236 e. The van der Waals surface area contributed by atoms with Crippen LogP contribution in [-0.4, -0.2) is 4.98 Å². The van der Waals surface area contributed by atoms with Crippen molar-refractivity contribution >= 4 is 11.3 Å². The standard InChI is InChI=1S/C18H17NS/c1-13(2)14-8-10-16(11-9-14)18-19-17(12-20-18)15-6-4-3-5-7-15/h3-13H,1-2H3. The molecule has 3 aromatic rings. The van der Waals surface area contributed by atoms with Crippen molar-refractivity contribution in [1.29, 1.82) is 0 Å². The van der Waals surface area contributed by atoms with E-state index in [1.54, 1.807) is 11.3 Å². The molecule has 0 aliphatic heterocycles. The number of nitrogens with zero attached hydrogens (tertiary/aromatic N) is 1. The van der Waals surface area contributed by atoms with E-state index in [0.29, 0.717) is 5.92 Å². The Hall–Kier alpha value is -1.93. The van der Waals surface area contributed by atoms with Crippen LogP contribution in [0.3, 0.4) is 0 Å². The van der Waals surface area contributed by atoms with Crippen molar-refractivity contribution < 1.29 is 0 Å². The van der Waals surface area contributed by atoms with Gasteiger partial charge < -0.3 is 0 Å². The van der Waals surface area contributed by atoms with Crippen LogP contribution in [0.4, 0.5) is 0 Å². The van der Waals surface area contributed by atoms with E-state index in [1.165, 1.54) is 16.7 Å². The molecular weight excluding hydrogens is 262 g/mol. The molecule has 0 atom stereocenters. The highest BCUT2D eigenvalue weighted by Gasteiger charge is 2.07. The fraction of sp³-hybridized carbons (Fsp3) is 0.167. The minimum atomic E-state index is 0.570. The molecule has 100 valence electrons. The van der Waals surface area contributed by atoms with Gasteiger partial charge in [-0.1, -0.05) is 68.4 Å². The SMILES string of the molecule is CC(C)c1ccc(-c2nc(-c3ccccc3)cs2)cc1. The molecule has 0 aliphatic rings. The quantitative estimate of drug-likeness (QED) is 0.608. The number of hydrogen-bond donors (Lipinski definition) is 0. The van der Waals surface area contributed by atoms with Crippen LogP contribution in [-0.2, 0) is 0 Å². The first-order chi connectivity index (χ1) is 9.74. The second kappa shape index (κ2) is 5.59. The van der Waals surface area contributed by atoms with E-state index in [4.69, 9.17) is 4.98 Å². The molecule has 0 aliphatic carbocycles. The molecule has 0 N–H and O–H groups in total. The van der Waals surface area contributed by atoms with Crippen molar-refractivity contribution in [2.24, 2.45) is 0 Å². The maximum atomic E-state index is 4.74. The first-order valence-corrected chi connectivity index (χ1v) is 7.73. The summed E-state index contributed by atoms with van der Waals surface area (Å²) in [4.78, 5) is 4.74. The zero-order valence-electron chi connectivity index (χ0n) is 11.7. The maximum absolute atomic E-state index is 4.74. The molecule has 0 amide bonds. The van der Waals surface area contributed by atoms with Crippen LogP contribution >= 0.6 is 11.3 Å². The Bertz CT molecular complexity index is 681. The minimum Gasteiger partial charge on any atom is -0.236 e. The van der Waals surface area contributed by atoms with Gasteiger partial charge in [-0.05, 0) is 11.5 Å². The fourth-order valence-corrected chi connectivity index (χ4v) is 2.99. The first-order valence-electron chi connectivity index (χ1n) is 6.85. The van der Waals surface area contributed by atoms with Gasteiger partial charge >= 0.3 is 0 Å². The van der Waals surface area contributed by atoms with Crippen molar-refractivity contribution in [1.82, 2.24) is 4.98 Å². The van der Waals surface area contributed by atoms with Crippen LogP contribution in [0.2, 0.25) is 0 Å². The van der Waals surface area contributed by atoms with Crippen molar-refractivity contribution in [3.8, 4) is 21.8 Å². The monoisotopic (exact) mass is 279 g/mol. The van der Waals surface area contributed by atoms with Gasteiger partial charge in [-0.25, -0.2) is 4.98 Å². The highest BCUT2D eigenvalue weighted by molar-refractivity contribution is 7.13. The van der Waals surface area contributed by atoms with Crippen molar-refractivity contribution in [3.63, 3.8) is 0 Å². The summed E-state index contributed by atoms with van der Waals surface area (Å²) in [6.07, 6.45) is 0. The average molecular weight is 279 g/mol. The van der Waals surface area contributed by atoms with Gasteiger partial charge in [0.15, 0.2) is 0 Å². The molecule has 2 heteroatoms. The molecule has 1 nitrogen and oxygen atoms in total. The van der Waals surface area contributed by atoms with E-state index >= 15 is 0 Å². The van der Waals surface area contributed by atoms with Crippen molar-refractivity contribution in [2.45, 2.75) is 19.8 Å². The van der Waals surface area contributed by atoms with Crippen LogP contribution in [0, 0.1) is 0 Å². The Morgan fingerprint density at radius 2 is 1.55 bits per heavy atom. The Morgan fingerprint density at radius 1 is 0.850 bits per heavy atom. The highest BCUT2D eigenvalue weighted by atomic mass is 32.1. The molecule has 3 rings (SSSR count). The number of benzene rings is 2. The summed E-state index contributed by atoms with van der Waals surface area (Å²) < 4.78 is 0. The molecule has 20 heavy (non-hydrogen) atoms. The lowest BCUT2D eigenvalue weighted by Gasteiger charge is -2.05. The summed E-state index contributed by atoms with van der Waals surface area (Å²) in [6, 6.07) is 19.1. The first kappa shape index (κ1) is 13.1. The van der Waals surface area contributed by atoms with E-state index in [9.17, 15) is 0 Å². The second-order valence-electron chi connectivity index (χ2n) is 5.18. The normalized spacial score (nSPS) is 10.9. The summed E-state index contributed by atoms with van der Waals surface area (Å²) in [7, 11) is 0. The number of rotatable bonds is 3. The average Bonchev–Trinajstić information content (AvgIpc) is 2.98. The molecule has 0 fully saturated rings. The zero-order chi connectivity index (χ0) is 13.9. The Balaban J connectivity index is 1.90. The third kappa shape index (κ3) is 2.66. The Morgan fingerprint density at radius 3 is 2.20 bits per heavy atom. The highest BCUT2D eigenvalue weighted by Crippen LogP contribution is 2.29. The van der Waals surface area contributed by atoms with E-state index in [2.05, 4.69) is 55.6 Å². The van der Waals surface area contributed by atoms with Crippen molar-refractivity contribution in [2.75, 3.05) is 0 Å². The van der Waals surface area contributed by atoms with Gasteiger partial charge in [-0.3, -0.25) is 0 Å². The van der Waals surface area contributed by atoms with Gasteiger partial charge in [0.25, 0.3) is 0 Å². The number of aromatic nitrogens is 1. The summed E-state index contributed by atoms with van der Waals surface area (Å²) in [5.41, 5.74) is 4.79. The van der Waals surface area contributed by atoms with Gasteiger partial charge in [0.05, 0.1) is 5.69 Å². The second-order valence-corrected chi connectivity index (χ2v) is 6.04. The lowest BCUT2D eigenvalue weighted by atomic mass is 10.0. The molecule has 0 saturated carbocycles. The van der Waals surface area contributed by atoms with Gasteiger partial charge in [-0.15, -0.1) is 11.3 Å². The van der Waals surface area contributed by atoms with Gasteiger partial charge in [-0.2, -0.15) is 0 Å². The van der Waals surface area contributed by atoms with Crippen LogP contribution in [0.1, 0.15) is 25.3 Å². The summed E-state index contributed by atoms with van der Waals surface area (Å²) in [6.45, 7) is 4.43. The summed E-state index contributed by atoms with van der Waals surface area (Å²) in [5.74, 6) is 0.570. The van der Waals surface area contributed by atoms with E-state index in [-0.39, 0.29) is 0 Å².